The zero-order chi connectivity index (χ0) is 12.5. The molecule has 18 heavy (non-hydrogen) atoms. The van der Waals surface area contributed by atoms with Crippen LogP contribution in [0.25, 0.3) is 22.4 Å². The summed E-state index contributed by atoms with van der Waals surface area (Å²) in [6, 6.07) is 14.3. The van der Waals surface area contributed by atoms with Crippen molar-refractivity contribution in [3.05, 3.63) is 53.2 Å². The van der Waals surface area contributed by atoms with E-state index in [-0.39, 0.29) is 5.75 Å². The second-order valence-electron chi connectivity index (χ2n) is 3.84. The molecule has 0 saturated heterocycles. The smallest absolute Gasteiger partial charge is 0.231 e. The molecule has 4 heteroatoms. The number of nitrogens with zero attached hydrogens (tertiary/aromatic N) is 1. The van der Waals surface area contributed by atoms with Gasteiger partial charge in [-0.2, -0.15) is 0 Å². The van der Waals surface area contributed by atoms with Crippen molar-refractivity contribution in [3.8, 4) is 17.2 Å². The molecular formula is C14H9NO2S. The van der Waals surface area contributed by atoms with Gasteiger partial charge >= 0.3 is 0 Å². The average molecular weight is 255 g/mol. The number of hydrogen-bond donors (Lipinski definition) is 1. The third-order valence-electron chi connectivity index (χ3n) is 2.66. The number of benzene rings is 2. The van der Waals surface area contributed by atoms with Gasteiger partial charge in [-0.25, -0.2) is 4.98 Å². The van der Waals surface area contributed by atoms with Gasteiger partial charge < -0.3 is 9.52 Å². The van der Waals surface area contributed by atoms with Gasteiger partial charge in [0.05, 0.1) is 10.9 Å². The molecule has 0 spiro atoms. The van der Waals surface area contributed by atoms with E-state index in [1.165, 1.54) is 0 Å². The molecule has 0 amide bonds. The van der Waals surface area contributed by atoms with Crippen LogP contribution in [0.5, 0.6) is 5.75 Å². The number of phenolic OH excluding ortho intramolecular Hbond substituents is 1. The fourth-order valence-corrected chi connectivity index (χ4v) is 2.03. The summed E-state index contributed by atoms with van der Waals surface area (Å²) >= 11 is 5.23. The minimum Gasteiger partial charge on any atom is -0.507 e. The molecule has 3 rings (SSSR count). The Hall–Kier alpha value is -2.20. The van der Waals surface area contributed by atoms with Crippen molar-refractivity contribution in [1.82, 2.24) is 4.98 Å². The number of fused-ring (bicyclic) bond motifs is 1. The molecule has 0 aliphatic rings. The molecule has 0 fully saturated rings. The van der Waals surface area contributed by atoms with Crippen LogP contribution in [0.3, 0.4) is 0 Å². The second-order valence-corrected chi connectivity index (χ2v) is 4.22. The molecule has 0 aliphatic heterocycles. The van der Waals surface area contributed by atoms with Crippen molar-refractivity contribution in [2.45, 2.75) is 0 Å². The third-order valence-corrected chi connectivity index (χ3v) is 2.97. The summed E-state index contributed by atoms with van der Waals surface area (Å²) in [5.41, 5.74) is 1.20. The summed E-state index contributed by atoms with van der Waals surface area (Å²) < 4.78 is 6.14. The topological polar surface area (TPSA) is 46.3 Å². The first-order valence-electron chi connectivity index (χ1n) is 5.44. The normalized spacial score (nSPS) is 10.7. The van der Waals surface area contributed by atoms with E-state index in [0.29, 0.717) is 21.7 Å². The predicted octanol–water partition coefficient (Wildman–Crippen LogP) is 3.93. The molecule has 0 unspecified atom stereocenters. The summed E-state index contributed by atoms with van der Waals surface area (Å²) in [5, 5.41) is 10.6. The van der Waals surface area contributed by atoms with E-state index >= 15 is 0 Å². The first-order chi connectivity index (χ1) is 8.75. The second kappa shape index (κ2) is 4.23. The van der Waals surface area contributed by atoms with Crippen molar-refractivity contribution in [2.24, 2.45) is 0 Å². The highest BCUT2D eigenvalue weighted by Crippen LogP contribution is 2.29. The zero-order valence-electron chi connectivity index (χ0n) is 9.33. The maximum Gasteiger partial charge on any atom is 0.231 e. The molecule has 1 aromatic heterocycles. The molecule has 0 saturated carbocycles. The largest absolute Gasteiger partial charge is 0.507 e. The van der Waals surface area contributed by atoms with Crippen molar-refractivity contribution in [1.29, 1.82) is 0 Å². The number of aromatic hydroxyl groups is 1. The number of hydrogen-bond acceptors (Lipinski definition) is 4. The lowest BCUT2D eigenvalue weighted by atomic mass is 10.2. The molecular weight excluding hydrogens is 246 g/mol. The monoisotopic (exact) mass is 255 g/mol. The molecule has 1 heterocycles. The maximum absolute atomic E-state index is 9.79. The lowest BCUT2D eigenvalue weighted by molar-refractivity contribution is 0.473. The Labute approximate surface area is 108 Å². The molecule has 88 valence electrons. The van der Waals surface area contributed by atoms with Crippen LogP contribution in [0.15, 0.2) is 52.9 Å². The highest BCUT2D eigenvalue weighted by Gasteiger charge is 2.09. The Kier molecular flexibility index (Phi) is 2.57. The molecule has 0 bridgehead atoms. The van der Waals surface area contributed by atoms with Gasteiger partial charge in [-0.15, -0.1) is 0 Å². The highest BCUT2D eigenvalue weighted by atomic mass is 32.1. The van der Waals surface area contributed by atoms with Crippen molar-refractivity contribution in [2.75, 3.05) is 0 Å². The number of para-hydroxylation sites is 2. The van der Waals surface area contributed by atoms with E-state index in [0.717, 1.165) is 5.39 Å². The fourth-order valence-electron chi connectivity index (χ4n) is 1.78. The van der Waals surface area contributed by atoms with Gasteiger partial charge in [0.25, 0.3) is 0 Å². The van der Waals surface area contributed by atoms with Gasteiger partial charge in [0.1, 0.15) is 16.0 Å². The Morgan fingerprint density at radius 1 is 1.00 bits per heavy atom. The Morgan fingerprint density at radius 3 is 2.56 bits per heavy atom. The number of aromatic nitrogens is 1. The summed E-state index contributed by atoms with van der Waals surface area (Å²) in [7, 11) is 0. The Morgan fingerprint density at radius 2 is 1.72 bits per heavy atom. The quantitative estimate of drug-likeness (QED) is 0.669. The number of rotatable bonds is 1. The fraction of sp³-hybridized carbons (Fsp3) is 0. The van der Waals surface area contributed by atoms with Gasteiger partial charge in [0.15, 0.2) is 0 Å². The standard InChI is InChI=1S/C14H9NO2S/c16-11-7-3-1-5-9(11)13-15-14(18)10-6-2-4-8-12(10)17-13/h1-8,16H. The van der Waals surface area contributed by atoms with Crippen molar-refractivity contribution >= 4 is 23.2 Å². The summed E-state index contributed by atoms with van der Waals surface area (Å²) in [5.74, 6) is 0.454. The predicted molar refractivity (Wildman–Crippen MR) is 71.9 cm³/mol. The van der Waals surface area contributed by atoms with E-state index in [1.54, 1.807) is 18.2 Å². The van der Waals surface area contributed by atoms with Crippen molar-refractivity contribution in [3.63, 3.8) is 0 Å². The van der Waals surface area contributed by atoms with Crippen LogP contribution in [0.2, 0.25) is 0 Å². The molecule has 0 radical (unpaired) electrons. The molecule has 1 N–H and O–H groups in total. The molecule has 0 atom stereocenters. The minimum atomic E-state index is 0.124. The van der Waals surface area contributed by atoms with E-state index in [4.69, 9.17) is 16.6 Å². The average Bonchev–Trinajstić information content (AvgIpc) is 2.39. The maximum atomic E-state index is 9.79. The van der Waals surface area contributed by atoms with Crippen LogP contribution in [0.1, 0.15) is 0 Å². The van der Waals surface area contributed by atoms with Crippen molar-refractivity contribution < 1.29 is 9.52 Å². The number of phenols is 1. The van der Waals surface area contributed by atoms with Gasteiger partial charge in [-0.05, 0) is 24.3 Å². The van der Waals surface area contributed by atoms with E-state index < -0.39 is 0 Å². The lowest BCUT2D eigenvalue weighted by Crippen LogP contribution is -1.86. The van der Waals surface area contributed by atoms with Crippen LogP contribution in [0.4, 0.5) is 0 Å². The van der Waals surface area contributed by atoms with E-state index in [2.05, 4.69) is 4.98 Å². The Bertz CT molecular complexity index is 780. The zero-order valence-corrected chi connectivity index (χ0v) is 10.1. The van der Waals surface area contributed by atoms with Gasteiger partial charge in [0.2, 0.25) is 5.89 Å². The van der Waals surface area contributed by atoms with E-state index in [1.807, 2.05) is 30.3 Å². The van der Waals surface area contributed by atoms with Gasteiger partial charge in [-0.3, -0.25) is 0 Å². The van der Waals surface area contributed by atoms with Crippen LogP contribution in [-0.2, 0) is 0 Å². The first kappa shape index (κ1) is 10.9. The molecule has 3 nitrogen and oxygen atoms in total. The third kappa shape index (κ3) is 1.76. The van der Waals surface area contributed by atoms with Crippen LogP contribution < -0.4 is 0 Å². The summed E-state index contributed by atoms with van der Waals surface area (Å²) in [4.78, 5) is 4.22. The van der Waals surface area contributed by atoms with E-state index in [9.17, 15) is 5.11 Å². The molecule has 0 aliphatic carbocycles. The molecule has 3 aromatic rings. The SMILES string of the molecule is Oc1ccccc1-c1nc(=S)c2ccccc2o1. The van der Waals surface area contributed by atoms with Crippen LogP contribution in [-0.4, -0.2) is 10.1 Å². The minimum absolute atomic E-state index is 0.124. The first-order valence-corrected chi connectivity index (χ1v) is 5.85. The van der Waals surface area contributed by atoms with Gasteiger partial charge in [0, 0.05) is 0 Å². The van der Waals surface area contributed by atoms with Crippen LogP contribution in [0, 0.1) is 4.64 Å². The summed E-state index contributed by atoms with van der Waals surface area (Å²) in [6.45, 7) is 0. The van der Waals surface area contributed by atoms with Crippen LogP contribution >= 0.6 is 12.2 Å². The summed E-state index contributed by atoms with van der Waals surface area (Å²) in [6.07, 6.45) is 0. The highest BCUT2D eigenvalue weighted by molar-refractivity contribution is 7.71. The lowest BCUT2D eigenvalue weighted by Gasteiger charge is -2.04. The molecule has 2 aromatic carbocycles. The van der Waals surface area contributed by atoms with Gasteiger partial charge in [-0.1, -0.05) is 36.5 Å². The Balaban J connectivity index is 2.32.